The molecule has 7 heteroatoms. The van der Waals surface area contributed by atoms with Crippen molar-refractivity contribution in [2.75, 3.05) is 5.32 Å². The van der Waals surface area contributed by atoms with Crippen molar-refractivity contribution < 1.29 is 4.79 Å². The summed E-state index contributed by atoms with van der Waals surface area (Å²) in [7, 11) is 0. The van der Waals surface area contributed by atoms with Gasteiger partial charge in [0.05, 0.1) is 27.8 Å². The van der Waals surface area contributed by atoms with Gasteiger partial charge in [0, 0.05) is 33.5 Å². The number of carbonyl (C=O) groups excluding carboxylic acids is 1. The van der Waals surface area contributed by atoms with Gasteiger partial charge in [-0.25, -0.2) is 9.97 Å². The number of nitrogens with zero attached hydrogens (tertiary/aromatic N) is 2. The number of halogens is 1. The lowest BCUT2D eigenvalue weighted by Gasteiger charge is -2.05. The number of benzene rings is 2. The Bertz CT molecular complexity index is 1130. The lowest BCUT2D eigenvalue weighted by molar-refractivity contribution is -0.115. The van der Waals surface area contributed by atoms with Crippen molar-refractivity contribution in [3.8, 4) is 11.3 Å². The van der Waals surface area contributed by atoms with E-state index < -0.39 is 0 Å². The van der Waals surface area contributed by atoms with Gasteiger partial charge in [0.25, 0.3) is 0 Å². The largest absolute Gasteiger partial charge is 0.326 e. The summed E-state index contributed by atoms with van der Waals surface area (Å²) < 4.78 is 0. The average Bonchev–Trinajstić information content (AvgIpc) is 3.31. The maximum absolute atomic E-state index is 12.4. The van der Waals surface area contributed by atoms with Crippen LogP contribution < -0.4 is 5.32 Å². The van der Waals surface area contributed by atoms with Crippen molar-refractivity contribution in [3.63, 3.8) is 0 Å². The number of hydrogen-bond donors (Lipinski definition) is 1. The molecule has 146 valence electrons. The average molecular weight is 440 g/mol. The molecule has 0 fully saturated rings. The van der Waals surface area contributed by atoms with Crippen LogP contribution in [0.3, 0.4) is 0 Å². The minimum atomic E-state index is -0.0816. The number of anilines is 1. The molecule has 4 aromatic rings. The Morgan fingerprint density at radius 2 is 1.90 bits per heavy atom. The maximum atomic E-state index is 12.4. The summed E-state index contributed by atoms with van der Waals surface area (Å²) in [5.74, 6) is -0.0816. The molecule has 2 heterocycles. The van der Waals surface area contributed by atoms with Gasteiger partial charge in [-0.05, 0) is 36.8 Å². The Labute approximate surface area is 182 Å². The molecule has 4 rings (SSSR count). The number of aryl methyl sites for hydroxylation is 1. The van der Waals surface area contributed by atoms with Crippen LogP contribution in [0, 0.1) is 6.92 Å². The molecule has 4 nitrogen and oxygen atoms in total. The number of aromatic nitrogens is 2. The quantitative estimate of drug-likeness (QED) is 0.400. The molecule has 0 aliphatic carbocycles. The second kappa shape index (κ2) is 8.86. The van der Waals surface area contributed by atoms with E-state index in [2.05, 4.69) is 15.3 Å². The van der Waals surface area contributed by atoms with E-state index in [1.165, 1.54) is 0 Å². The Hall–Kier alpha value is -2.54. The van der Waals surface area contributed by atoms with Crippen LogP contribution in [0.5, 0.6) is 0 Å². The minimum absolute atomic E-state index is 0.0816. The van der Waals surface area contributed by atoms with E-state index in [9.17, 15) is 4.79 Å². The number of hydrogen-bond acceptors (Lipinski definition) is 5. The zero-order valence-corrected chi connectivity index (χ0v) is 18.1. The van der Waals surface area contributed by atoms with Crippen LogP contribution in [0.1, 0.15) is 21.3 Å². The number of carbonyl (C=O) groups is 1. The van der Waals surface area contributed by atoms with E-state index in [1.54, 1.807) is 22.7 Å². The van der Waals surface area contributed by atoms with E-state index in [-0.39, 0.29) is 12.3 Å². The van der Waals surface area contributed by atoms with E-state index in [0.29, 0.717) is 6.42 Å². The van der Waals surface area contributed by atoms with Gasteiger partial charge >= 0.3 is 0 Å². The highest BCUT2D eigenvalue weighted by Crippen LogP contribution is 2.23. The fraction of sp³-hybridized carbons (Fsp3) is 0.136. The molecular formula is C22H18ClN3OS2. The van der Waals surface area contributed by atoms with Gasteiger partial charge < -0.3 is 5.32 Å². The number of rotatable bonds is 6. The summed E-state index contributed by atoms with van der Waals surface area (Å²) in [4.78, 5) is 21.4. The summed E-state index contributed by atoms with van der Waals surface area (Å²) in [5.41, 5.74) is 4.65. The van der Waals surface area contributed by atoms with Crippen LogP contribution in [0.2, 0.25) is 5.02 Å². The van der Waals surface area contributed by atoms with Crippen LogP contribution in [0.4, 0.5) is 5.69 Å². The summed E-state index contributed by atoms with van der Waals surface area (Å²) in [6.45, 7) is 1.99. The summed E-state index contributed by atoms with van der Waals surface area (Å²) in [5, 5.41) is 9.63. The highest BCUT2D eigenvalue weighted by Gasteiger charge is 2.10. The van der Waals surface area contributed by atoms with E-state index in [4.69, 9.17) is 11.6 Å². The standard InChI is InChI=1S/C22H18ClN3OS2/c1-14-24-20(13-28-14)16-5-7-18(8-6-16)25-21(27)11-19-12-29-22(26-19)10-15-3-2-4-17(23)9-15/h2-9,12-13H,10-11H2,1H3,(H,25,27). The van der Waals surface area contributed by atoms with Crippen LogP contribution in [-0.4, -0.2) is 15.9 Å². The zero-order chi connectivity index (χ0) is 20.2. The molecule has 0 atom stereocenters. The lowest BCUT2D eigenvalue weighted by atomic mass is 10.1. The predicted octanol–water partition coefficient (Wildman–Crippen LogP) is 6.00. The molecule has 0 unspecified atom stereocenters. The molecule has 2 aromatic carbocycles. The Morgan fingerprint density at radius 1 is 1.07 bits per heavy atom. The lowest BCUT2D eigenvalue weighted by Crippen LogP contribution is -2.14. The molecule has 0 saturated heterocycles. The van der Waals surface area contributed by atoms with Crippen molar-refractivity contribution in [3.05, 3.63) is 85.6 Å². The van der Waals surface area contributed by atoms with E-state index in [0.717, 1.165) is 43.2 Å². The second-order valence-electron chi connectivity index (χ2n) is 6.59. The van der Waals surface area contributed by atoms with Gasteiger partial charge in [0.2, 0.25) is 5.91 Å². The molecule has 29 heavy (non-hydrogen) atoms. The Balaban J connectivity index is 1.34. The monoisotopic (exact) mass is 439 g/mol. The van der Waals surface area contributed by atoms with Crippen LogP contribution in [0.25, 0.3) is 11.3 Å². The van der Waals surface area contributed by atoms with Gasteiger partial charge in [-0.1, -0.05) is 35.9 Å². The molecule has 0 spiro atoms. The summed E-state index contributed by atoms with van der Waals surface area (Å²) in [6, 6.07) is 15.5. The van der Waals surface area contributed by atoms with Crippen molar-refractivity contribution in [1.82, 2.24) is 9.97 Å². The summed E-state index contributed by atoms with van der Waals surface area (Å²) >= 11 is 9.22. The first-order valence-electron chi connectivity index (χ1n) is 9.05. The Morgan fingerprint density at radius 3 is 2.62 bits per heavy atom. The third-order valence-electron chi connectivity index (χ3n) is 4.27. The SMILES string of the molecule is Cc1nc(-c2ccc(NC(=O)Cc3csc(Cc4cccc(Cl)c4)n3)cc2)cs1. The van der Waals surface area contributed by atoms with Gasteiger partial charge in [-0.15, -0.1) is 22.7 Å². The van der Waals surface area contributed by atoms with Gasteiger partial charge in [-0.2, -0.15) is 0 Å². The van der Waals surface area contributed by atoms with E-state index in [1.807, 2.05) is 66.2 Å². The maximum Gasteiger partial charge on any atom is 0.230 e. The summed E-state index contributed by atoms with van der Waals surface area (Å²) in [6.07, 6.45) is 0.962. The first-order chi connectivity index (χ1) is 14.0. The van der Waals surface area contributed by atoms with Crippen molar-refractivity contribution in [1.29, 1.82) is 0 Å². The molecule has 0 bridgehead atoms. The highest BCUT2D eigenvalue weighted by molar-refractivity contribution is 7.10. The molecule has 2 aromatic heterocycles. The van der Waals surface area contributed by atoms with E-state index >= 15 is 0 Å². The topological polar surface area (TPSA) is 54.9 Å². The fourth-order valence-corrected chi connectivity index (χ4v) is 4.59. The molecule has 0 saturated carbocycles. The fourth-order valence-electron chi connectivity index (χ4n) is 2.92. The number of amides is 1. The van der Waals surface area contributed by atoms with Gasteiger partial charge in [-0.3, -0.25) is 4.79 Å². The van der Waals surface area contributed by atoms with Crippen molar-refractivity contribution in [2.24, 2.45) is 0 Å². The first-order valence-corrected chi connectivity index (χ1v) is 11.2. The van der Waals surface area contributed by atoms with Crippen LogP contribution in [-0.2, 0) is 17.6 Å². The molecule has 1 N–H and O–H groups in total. The van der Waals surface area contributed by atoms with Crippen molar-refractivity contribution in [2.45, 2.75) is 19.8 Å². The molecule has 0 aliphatic rings. The first kappa shape index (κ1) is 19.8. The number of thiazole rings is 2. The molecular weight excluding hydrogens is 422 g/mol. The Kier molecular flexibility index (Phi) is 6.04. The van der Waals surface area contributed by atoms with Gasteiger partial charge in [0.15, 0.2) is 0 Å². The molecule has 1 amide bonds. The highest BCUT2D eigenvalue weighted by atomic mass is 35.5. The molecule has 0 radical (unpaired) electrons. The second-order valence-corrected chi connectivity index (χ2v) is 9.03. The zero-order valence-electron chi connectivity index (χ0n) is 15.7. The minimum Gasteiger partial charge on any atom is -0.326 e. The van der Waals surface area contributed by atoms with Crippen LogP contribution in [0.15, 0.2) is 59.3 Å². The predicted molar refractivity (Wildman–Crippen MR) is 121 cm³/mol. The normalized spacial score (nSPS) is 10.8. The number of nitrogens with one attached hydrogen (secondary N) is 1. The molecule has 0 aliphatic heterocycles. The smallest absolute Gasteiger partial charge is 0.230 e. The van der Waals surface area contributed by atoms with Crippen molar-refractivity contribution >= 4 is 45.9 Å². The third-order valence-corrected chi connectivity index (χ3v) is 6.18. The van der Waals surface area contributed by atoms with Gasteiger partial charge in [0.1, 0.15) is 0 Å². The van der Waals surface area contributed by atoms with Crippen LogP contribution >= 0.6 is 34.3 Å². The third kappa shape index (κ3) is 5.29.